The quantitative estimate of drug-likeness (QED) is 0.379. The van der Waals surface area contributed by atoms with Crippen LogP contribution in [-0.4, -0.2) is 8.80 Å². The van der Waals surface area contributed by atoms with Gasteiger partial charge in [0.25, 0.3) is 0 Å². The van der Waals surface area contributed by atoms with E-state index in [0.717, 1.165) is 11.5 Å². The fraction of sp³-hybridized carbons (Fsp3) is 0.500. The van der Waals surface area contributed by atoms with Crippen LogP contribution in [0.1, 0.15) is 44.6 Å². The standard InChI is InChI=1S/C20H27FSi/c1-2-3-6-15-22-16-13-19(14-17-22)8-5-4-7-18-9-11-20(21)12-10-18/h5,8-12,19,22H,2-3,6,13-17H2,1H3/b8-5+. The van der Waals surface area contributed by atoms with Gasteiger partial charge in [0.2, 0.25) is 0 Å². The molecule has 0 bridgehead atoms. The van der Waals surface area contributed by atoms with Crippen molar-refractivity contribution in [1.29, 1.82) is 0 Å². The van der Waals surface area contributed by atoms with Gasteiger partial charge in [-0.3, -0.25) is 0 Å². The number of allylic oxidation sites excluding steroid dienone is 2. The molecule has 22 heavy (non-hydrogen) atoms. The highest BCUT2D eigenvalue weighted by molar-refractivity contribution is 6.58. The third kappa shape index (κ3) is 6.20. The van der Waals surface area contributed by atoms with Gasteiger partial charge in [-0.25, -0.2) is 4.39 Å². The maximum absolute atomic E-state index is 12.8. The third-order valence-corrected chi connectivity index (χ3v) is 8.14. The van der Waals surface area contributed by atoms with Crippen LogP contribution in [0.5, 0.6) is 0 Å². The van der Waals surface area contributed by atoms with E-state index < -0.39 is 8.80 Å². The molecule has 1 fully saturated rings. The number of unbranched alkanes of at least 4 members (excludes halogenated alkanes) is 2. The molecule has 2 rings (SSSR count). The van der Waals surface area contributed by atoms with Crippen molar-refractivity contribution in [2.75, 3.05) is 0 Å². The Hall–Kier alpha value is -1.33. The molecule has 0 N–H and O–H groups in total. The van der Waals surface area contributed by atoms with E-state index in [1.54, 1.807) is 18.2 Å². The van der Waals surface area contributed by atoms with Crippen LogP contribution in [0.3, 0.4) is 0 Å². The average molecular weight is 315 g/mol. The van der Waals surface area contributed by atoms with Gasteiger partial charge in [-0.15, -0.1) is 0 Å². The van der Waals surface area contributed by atoms with Gasteiger partial charge in [-0.2, -0.15) is 0 Å². The molecule has 0 unspecified atom stereocenters. The Morgan fingerprint density at radius 1 is 1.18 bits per heavy atom. The van der Waals surface area contributed by atoms with E-state index in [1.165, 1.54) is 56.3 Å². The number of benzene rings is 1. The van der Waals surface area contributed by atoms with Gasteiger partial charge in [0.05, 0.1) is 0 Å². The highest BCUT2D eigenvalue weighted by Crippen LogP contribution is 2.28. The number of halogens is 1. The molecule has 0 nitrogen and oxygen atoms in total. The minimum absolute atomic E-state index is 0.207. The molecular weight excluding hydrogens is 287 g/mol. The van der Waals surface area contributed by atoms with Crippen LogP contribution in [0.15, 0.2) is 36.4 Å². The number of hydrogen-bond acceptors (Lipinski definition) is 0. The van der Waals surface area contributed by atoms with Crippen molar-refractivity contribution >= 4 is 8.80 Å². The smallest absolute Gasteiger partial charge is 0.123 e. The maximum atomic E-state index is 12.8. The van der Waals surface area contributed by atoms with Crippen LogP contribution >= 0.6 is 0 Å². The molecule has 1 aromatic carbocycles. The van der Waals surface area contributed by atoms with Crippen molar-refractivity contribution in [2.45, 2.75) is 57.2 Å². The zero-order chi connectivity index (χ0) is 15.6. The van der Waals surface area contributed by atoms with Crippen LogP contribution in [0.2, 0.25) is 18.1 Å². The van der Waals surface area contributed by atoms with Crippen LogP contribution in [0.4, 0.5) is 4.39 Å². The van der Waals surface area contributed by atoms with Crippen LogP contribution < -0.4 is 0 Å². The minimum atomic E-state index is -0.397. The van der Waals surface area contributed by atoms with Crippen LogP contribution in [0.25, 0.3) is 0 Å². The summed E-state index contributed by atoms with van der Waals surface area (Å²) in [6.45, 7) is 2.29. The van der Waals surface area contributed by atoms with Crippen LogP contribution in [0, 0.1) is 23.6 Å². The minimum Gasteiger partial charge on any atom is -0.207 e. The van der Waals surface area contributed by atoms with E-state index in [2.05, 4.69) is 24.8 Å². The first-order valence-electron chi connectivity index (χ1n) is 8.71. The molecule has 0 saturated carbocycles. The summed E-state index contributed by atoms with van der Waals surface area (Å²) in [5.41, 5.74) is 0.873. The monoisotopic (exact) mass is 314 g/mol. The predicted molar refractivity (Wildman–Crippen MR) is 96.2 cm³/mol. The summed E-state index contributed by atoms with van der Waals surface area (Å²) in [4.78, 5) is 0. The zero-order valence-corrected chi connectivity index (χ0v) is 14.8. The molecule has 0 spiro atoms. The van der Waals surface area contributed by atoms with Crippen LogP contribution in [-0.2, 0) is 0 Å². The number of hydrogen-bond donors (Lipinski definition) is 0. The van der Waals surface area contributed by atoms with Crippen molar-refractivity contribution in [3.63, 3.8) is 0 Å². The summed E-state index contributed by atoms with van der Waals surface area (Å²) in [5, 5.41) is 0. The molecular formula is C20H27FSi. The zero-order valence-electron chi connectivity index (χ0n) is 13.7. The molecule has 1 saturated heterocycles. The Kier molecular flexibility index (Phi) is 7.46. The Bertz CT molecular complexity index is 513. The fourth-order valence-electron chi connectivity index (χ4n) is 3.19. The normalized spacial score (nSPS) is 21.5. The maximum Gasteiger partial charge on any atom is 0.123 e. The van der Waals surface area contributed by atoms with E-state index in [4.69, 9.17) is 0 Å². The summed E-state index contributed by atoms with van der Waals surface area (Å²) in [5.74, 6) is 6.67. The molecule has 0 amide bonds. The lowest BCUT2D eigenvalue weighted by Gasteiger charge is -2.25. The third-order valence-electron chi connectivity index (χ3n) is 4.62. The van der Waals surface area contributed by atoms with Gasteiger partial charge in [0, 0.05) is 14.4 Å². The summed E-state index contributed by atoms with van der Waals surface area (Å²) in [6.07, 6.45) is 11.3. The molecule has 0 radical (unpaired) electrons. The summed E-state index contributed by atoms with van der Waals surface area (Å²) < 4.78 is 12.8. The molecule has 1 aromatic rings. The Morgan fingerprint density at radius 3 is 2.59 bits per heavy atom. The fourth-order valence-corrected chi connectivity index (χ4v) is 6.73. The van der Waals surface area contributed by atoms with E-state index >= 15 is 0 Å². The Labute approximate surface area is 136 Å². The van der Waals surface area contributed by atoms with Gasteiger partial charge < -0.3 is 0 Å². The lowest BCUT2D eigenvalue weighted by Crippen LogP contribution is -2.20. The molecule has 0 aromatic heterocycles. The Morgan fingerprint density at radius 2 is 1.91 bits per heavy atom. The van der Waals surface area contributed by atoms with Gasteiger partial charge in [0.1, 0.15) is 5.82 Å². The van der Waals surface area contributed by atoms with Crippen molar-refractivity contribution in [2.24, 2.45) is 5.92 Å². The lowest BCUT2D eigenvalue weighted by molar-refractivity contribution is 0.571. The van der Waals surface area contributed by atoms with E-state index in [0.29, 0.717) is 0 Å². The van der Waals surface area contributed by atoms with Gasteiger partial charge in [-0.1, -0.05) is 62.2 Å². The second-order valence-corrected chi connectivity index (χ2v) is 9.88. The van der Waals surface area contributed by atoms with E-state index in [1.807, 2.05) is 6.08 Å². The topological polar surface area (TPSA) is 0 Å². The second kappa shape index (κ2) is 9.64. The summed E-state index contributed by atoms with van der Waals surface area (Å²) >= 11 is 0. The molecule has 1 heterocycles. The van der Waals surface area contributed by atoms with Crippen molar-refractivity contribution in [1.82, 2.24) is 0 Å². The lowest BCUT2D eigenvalue weighted by atomic mass is 10.0. The highest BCUT2D eigenvalue weighted by Gasteiger charge is 2.19. The van der Waals surface area contributed by atoms with Gasteiger partial charge in [-0.05, 0) is 49.1 Å². The second-order valence-electron chi connectivity index (χ2n) is 6.41. The number of rotatable bonds is 5. The predicted octanol–water partition coefficient (Wildman–Crippen LogP) is 5.56. The molecule has 1 aliphatic rings. The summed E-state index contributed by atoms with van der Waals surface area (Å²) in [7, 11) is -0.397. The van der Waals surface area contributed by atoms with Gasteiger partial charge >= 0.3 is 0 Å². The SMILES string of the molecule is CCCCC[SiH]1CCC(/C=C/C#Cc2ccc(F)cc2)CC1. The molecule has 1 aliphatic heterocycles. The summed E-state index contributed by atoms with van der Waals surface area (Å²) in [6, 6.07) is 11.0. The van der Waals surface area contributed by atoms with Crippen molar-refractivity contribution in [3.8, 4) is 11.8 Å². The molecule has 2 heteroatoms. The molecule has 0 atom stereocenters. The highest BCUT2D eigenvalue weighted by atomic mass is 28.3. The average Bonchev–Trinajstić information content (AvgIpc) is 2.55. The van der Waals surface area contributed by atoms with E-state index in [-0.39, 0.29) is 5.82 Å². The largest absolute Gasteiger partial charge is 0.207 e. The van der Waals surface area contributed by atoms with Crippen molar-refractivity contribution < 1.29 is 4.39 Å². The Balaban J connectivity index is 1.71. The first kappa shape index (κ1) is 17.0. The first-order chi connectivity index (χ1) is 10.8. The first-order valence-corrected chi connectivity index (χ1v) is 11.2. The van der Waals surface area contributed by atoms with Crippen molar-refractivity contribution in [3.05, 3.63) is 47.8 Å². The molecule has 118 valence electrons. The van der Waals surface area contributed by atoms with Gasteiger partial charge in [0.15, 0.2) is 0 Å². The van der Waals surface area contributed by atoms with E-state index in [9.17, 15) is 4.39 Å². The molecule has 0 aliphatic carbocycles.